The summed E-state index contributed by atoms with van der Waals surface area (Å²) < 4.78 is 0. The van der Waals surface area contributed by atoms with Crippen molar-refractivity contribution in [3.63, 3.8) is 0 Å². The minimum Gasteiger partial charge on any atom is -0.352 e. The highest BCUT2D eigenvalue weighted by atomic mass is 35.5. The summed E-state index contributed by atoms with van der Waals surface area (Å²) in [5.41, 5.74) is 4.25. The molecule has 0 atom stereocenters. The van der Waals surface area contributed by atoms with Crippen LogP contribution in [0.1, 0.15) is 27.9 Å². The first-order chi connectivity index (χ1) is 15.4. The van der Waals surface area contributed by atoms with Crippen molar-refractivity contribution in [2.75, 3.05) is 5.32 Å². The maximum absolute atomic E-state index is 12.8. The highest BCUT2D eigenvalue weighted by Gasteiger charge is 2.18. The molecule has 0 aliphatic heterocycles. The van der Waals surface area contributed by atoms with Gasteiger partial charge in [-0.3, -0.25) is 14.9 Å². The molecule has 0 saturated heterocycles. The Bertz CT molecular complexity index is 1280. The highest BCUT2D eigenvalue weighted by molar-refractivity contribution is 7.17. The van der Waals surface area contributed by atoms with Crippen LogP contribution in [0.3, 0.4) is 0 Å². The molecule has 4 rings (SSSR count). The number of nitrogens with one attached hydrogen (secondary N) is 2. The summed E-state index contributed by atoms with van der Waals surface area (Å²) in [6.45, 7) is 3.79. The van der Waals surface area contributed by atoms with Crippen molar-refractivity contribution in [3.05, 3.63) is 75.1 Å². The van der Waals surface area contributed by atoms with Gasteiger partial charge in [0, 0.05) is 35.0 Å². The van der Waals surface area contributed by atoms with Crippen molar-refractivity contribution < 1.29 is 9.59 Å². The third-order valence-corrected chi connectivity index (χ3v) is 6.79. The fraction of sp³-hybridized carbons (Fsp3) is 0.130. The highest BCUT2D eigenvalue weighted by Crippen LogP contribution is 2.31. The number of amides is 2. The van der Waals surface area contributed by atoms with Crippen molar-refractivity contribution in [2.45, 2.75) is 20.4 Å². The van der Waals surface area contributed by atoms with Gasteiger partial charge in [0.05, 0.1) is 11.4 Å². The molecule has 162 valence electrons. The second-order valence-electron chi connectivity index (χ2n) is 7.04. The van der Waals surface area contributed by atoms with E-state index in [0.717, 1.165) is 27.4 Å². The number of hydrogen-bond donors (Lipinski definition) is 2. The third kappa shape index (κ3) is 5.21. The molecular weight excluding hydrogens is 464 g/mol. The minimum atomic E-state index is -0.236. The quantitative estimate of drug-likeness (QED) is 0.364. The summed E-state index contributed by atoms with van der Waals surface area (Å²) in [7, 11) is 0. The smallest absolute Gasteiger partial charge is 0.269 e. The van der Waals surface area contributed by atoms with Gasteiger partial charge in [0.15, 0.2) is 5.13 Å². The van der Waals surface area contributed by atoms with E-state index in [9.17, 15) is 9.59 Å². The summed E-state index contributed by atoms with van der Waals surface area (Å²) in [4.78, 5) is 33.5. The average molecular weight is 483 g/mol. The third-order valence-electron chi connectivity index (χ3n) is 4.59. The molecule has 6 nitrogen and oxygen atoms in total. The summed E-state index contributed by atoms with van der Waals surface area (Å²) in [5.74, 6) is -0.301. The number of halogens is 1. The van der Waals surface area contributed by atoms with Gasteiger partial charge in [-0.25, -0.2) is 9.97 Å². The van der Waals surface area contributed by atoms with Crippen LogP contribution in [-0.4, -0.2) is 21.8 Å². The Morgan fingerprint density at radius 1 is 1.06 bits per heavy atom. The van der Waals surface area contributed by atoms with E-state index in [2.05, 4.69) is 20.6 Å². The van der Waals surface area contributed by atoms with Crippen molar-refractivity contribution in [1.29, 1.82) is 0 Å². The van der Waals surface area contributed by atoms with Gasteiger partial charge in [0.1, 0.15) is 9.88 Å². The average Bonchev–Trinajstić information content (AvgIpc) is 3.39. The van der Waals surface area contributed by atoms with E-state index < -0.39 is 0 Å². The van der Waals surface area contributed by atoms with Gasteiger partial charge in [-0.15, -0.1) is 22.7 Å². The predicted molar refractivity (Wildman–Crippen MR) is 130 cm³/mol. The topological polar surface area (TPSA) is 84.0 Å². The number of aromatic nitrogens is 2. The van der Waals surface area contributed by atoms with Gasteiger partial charge in [-0.1, -0.05) is 48.0 Å². The monoisotopic (exact) mass is 482 g/mol. The van der Waals surface area contributed by atoms with Gasteiger partial charge in [-0.05, 0) is 24.6 Å². The standard InChI is InChI=1S/C23H19ClN4O2S2/c1-13-20(32-22(26-13)17-4-3-5-18(24)10-17)21(30)28-23-27-19(12-31-23)16-8-6-15(7-9-16)11-25-14(2)29/h3-10,12H,11H2,1-2H3,(H,25,29)(H,27,28,30). The number of thiazole rings is 2. The second kappa shape index (κ2) is 9.60. The number of rotatable bonds is 6. The number of nitrogens with zero attached hydrogens (tertiary/aromatic N) is 2. The molecule has 0 spiro atoms. The Balaban J connectivity index is 1.46. The van der Waals surface area contributed by atoms with Crippen LogP contribution in [0.2, 0.25) is 5.02 Å². The molecule has 0 aliphatic carbocycles. The molecule has 4 aromatic rings. The van der Waals surface area contributed by atoms with Crippen molar-refractivity contribution in [2.24, 2.45) is 0 Å². The number of anilines is 1. The number of aryl methyl sites for hydroxylation is 1. The molecule has 0 unspecified atom stereocenters. The van der Waals surface area contributed by atoms with E-state index >= 15 is 0 Å². The predicted octanol–water partition coefficient (Wildman–Crippen LogP) is 5.78. The molecule has 0 saturated carbocycles. The summed E-state index contributed by atoms with van der Waals surface area (Å²) >= 11 is 8.76. The zero-order chi connectivity index (χ0) is 22.7. The Kier molecular flexibility index (Phi) is 6.64. The van der Waals surface area contributed by atoms with Gasteiger partial charge in [0.2, 0.25) is 5.91 Å². The Morgan fingerprint density at radius 2 is 1.84 bits per heavy atom. The van der Waals surface area contributed by atoms with Crippen LogP contribution < -0.4 is 10.6 Å². The molecule has 32 heavy (non-hydrogen) atoms. The lowest BCUT2D eigenvalue weighted by Crippen LogP contribution is -2.18. The molecule has 2 amide bonds. The molecule has 2 N–H and O–H groups in total. The van der Waals surface area contributed by atoms with Gasteiger partial charge in [-0.2, -0.15) is 0 Å². The second-order valence-corrected chi connectivity index (χ2v) is 9.34. The van der Waals surface area contributed by atoms with E-state index in [-0.39, 0.29) is 11.8 Å². The minimum absolute atomic E-state index is 0.0650. The van der Waals surface area contributed by atoms with Crippen molar-refractivity contribution in [1.82, 2.24) is 15.3 Å². The number of carbonyl (C=O) groups is 2. The summed E-state index contributed by atoms with van der Waals surface area (Å²) in [6.07, 6.45) is 0. The molecule has 2 heterocycles. The molecule has 0 aliphatic rings. The van der Waals surface area contributed by atoms with Crippen molar-refractivity contribution >= 4 is 51.2 Å². The van der Waals surface area contributed by atoms with E-state index in [1.807, 2.05) is 54.8 Å². The maximum Gasteiger partial charge on any atom is 0.269 e. The van der Waals surface area contributed by atoms with Crippen LogP contribution in [0.5, 0.6) is 0 Å². The first-order valence-corrected chi connectivity index (χ1v) is 11.8. The largest absolute Gasteiger partial charge is 0.352 e. The molecular formula is C23H19ClN4O2S2. The van der Waals surface area contributed by atoms with Crippen LogP contribution in [0.4, 0.5) is 5.13 Å². The summed E-state index contributed by atoms with van der Waals surface area (Å²) in [6, 6.07) is 15.2. The van der Waals surface area contributed by atoms with E-state index in [4.69, 9.17) is 11.6 Å². The van der Waals surface area contributed by atoms with Crippen LogP contribution >= 0.6 is 34.3 Å². The van der Waals surface area contributed by atoms with Crippen LogP contribution in [0, 0.1) is 6.92 Å². The lowest BCUT2D eigenvalue weighted by atomic mass is 10.1. The molecule has 0 fully saturated rings. The molecule has 9 heteroatoms. The molecule has 0 radical (unpaired) electrons. The molecule has 2 aromatic heterocycles. The Labute approximate surface area is 198 Å². The number of carbonyl (C=O) groups excluding carboxylic acids is 2. The number of hydrogen-bond acceptors (Lipinski definition) is 6. The van der Waals surface area contributed by atoms with Gasteiger partial charge in [0.25, 0.3) is 5.91 Å². The van der Waals surface area contributed by atoms with Crippen molar-refractivity contribution in [3.8, 4) is 21.8 Å². The first kappa shape index (κ1) is 22.1. The van der Waals surface area contributed by atoms with E-state index in [1.165, 1.54) is 29.6 Å². The summed E-state index contributed by atoms with van der Waals surface area (Å²) in [5, 5.41) is 9.43. The zero-order valence-electron chi connectivity index (χ0n) is 17.3. The van der Waals surface area contributed by atoms with E-state index in [1.54, 1.807) is 6.07 Å². The van der Waals surface area contributed by atoms with Gasteiger partial charge < -0.3 is 5.32 Å². The fourth-order valence-corrected chi connectivity index (χ4v) is 4.85. The van der Waals surface area contributed by atoms with Crippen LogP contribution in [0.15, 0.2) is 53.9 Å². The maximum atomic E-state index is 12.8. The SMILES string of the molecule is CC(=O)NCc1ccc(-c2csc(NC(=O)c3sc(-c4cccc(Cl)c4)nc3C)n2)cc1. The van der Waals surface area contributed by atoms with Gasteiger partial charge >= 0.3 is 0 Å². The fourth-order valence-electron chi connectivity index (χ4n) is 2.99. The Hall–Kier alpha value is -3.07. The lowest BCUT2D eigenvalue weighted by Gasteiger charge is -2.03. The first-order valence-electron chi connectivity index (χ1n) is 9.73. The van der Waals surface area contributed by atoms with Crippen LogP contribution in [0.25, 0.3) is 21.8 Å². The number of benzene rings is 2. The lowest BCUT2D eigenvalue weighted by molar-refractivity contribution is -0.119. The normalized spacial score (nSPS) is 10.7. The molecule has 0 bridgehead atoms. The zero-order valence-corrected chi connectivity index (χ0v) is 19.7. The Morgan fingerprint density at radius 3 is 2.56 bits per heavy atom. The molecule has 2 aromatic carbocycles. The van der Waals surface area contributed by atoms with Crippen LogP contribution in [-0.2, 0) is 11.3 Å². The van der Waals surface area contributed by atoms with E-state index in [0.29, 0.717) is 27.3 Å².